The number of fused-ring (bicyclic) bond motifs is 1. The second-order valence-electron chi connectivity index (χ2n) is 8.19. The molecule has 0 N–H and O–H groups in total. The Morgan fingerprint density at radius 2 is 1.38 bits per heavy atom. The van der Waals surface area contributed by atoms with Gasteiger partial charge in [-0.1, -0.05) is 42.5 Å². The van der Waals surface area contributed by atoms with Crippen LogP contribution in [0.5, 0.6) is 0 Å². The Bertz CT molecular complexity index is 1110. The van der Waals surface area contributed by atoms with Crippen molar-refractivity contribution in [2.75, 3.05) is 26.2 Å². The Morgan fingerprint density at radius 1 is 0.781 bits per heavy atom. The van der Waals surface area contributed by atoms with Crippen LogP contribution >= 0.6 is 0 Å². The Kier molecular flexibility index (Phi) is 7.04. The summed E-state index contributed by atoms with van der Waals surface area (Å²) in [7, 11) is 0. The molecule has 0 spiro atoms. The SMILES string of the molecule is O=C(CCCc1ccccc1)N1CCN(C(=O)CCCn2c(=O)oc3ccccc32)CC1. The van der Waals surface area contributed by atoms with Gasteiger partial charge in [-0.05, 0) is 37.0 Å². The number of hydrogen-bond donors (Lipinski definition) is 0. The zero-order chi connectivity index (χ0) is 22.3. The lowest BCUT2D eigenvalue weighted by molar-refractivity contribution is -0.139. The van der Waals surface area contributed by atoms with Gasteiger partial charge in [0.25, 0.3) is 0 Å². The number of amides is 2. The van der Waals surface area contributed by atoms with Crippen molar-refractivity contribution in [1.82, 2.24) is 14.4 Å². The predicted octanol–water partition coefficient (Wildman–Crippen LogP) is 3.07. The minimum absolute atomic E-state index is 0.0713. The third-order valence-electron chi connectivity index (χ3n) is 6.03. The van der Waals surface area contributed by atoms with Crippen LogP contribution in [0, 0.1) is 0 Å². The minimum Gasteiger partial charge on any atom is -0.408 e. The van der Waals surface area contributed by atoms with E-state index in [1.165, 1.54) is 5.56 Å². The summed E-state index contributed by atoms with van der Waals surface area (Å²) >= 11 is 0. The fourth-order valence-corrected chi connectivity index (χ4v) is 4.22. The number of benzene rings is 2. The van der Waals surface area contributed by atoms with E-state index in [2.05, 4.69) is 12.1 Å². The van der Waals surface area contributed by atoms with Gasteiger partial charge >= 0.3 is 5.76 Å². The minimum atomic E-state index is -0.391. The van der Waals surface area contributed by atoms with Crippen LogP contribution in [0.15, 0.2) is 63.8 Å². The molecule has 0 radical (unpaired) electrons. The van der Waals surface area contributed by atoms with Crippen LogP contribution in [0.1, 0.15) is 31.2 Å². The molecule has 0 saturated carbocycles. The van der Waals surface area contributed by atoms with Gasteiger partial charge in [-0.25, -0.2) is 4.79 Å². The largest absolute Gasteiger partial charge is 0.419 e. The molecular formula is C25H29N3O4. The smallest absolute Gasteiger partial charge is 0.408 e. The van der Waals surface area contributed by atoms with Gasteiger partial charge in [-0.3, -0.25) is 14.2 Å². The molecule has 1 aliphatic heterocycles. The number of carbonyl (C=O) groups is 2. The Morgan fingerprint density at radius 3 is 2.06 bits per heavy atom. The molecule has 168 valence electrons. The first-order valence-corrected chi connectivity index (χ1v) is 11.3. The number of piperazine rings is 1. The lowest BCUT2D eigenvalue weighted by Crippen LogP contribution is -2.50. The van der Waals surface area contributed by atoms with Crippen molar-refractivity contribution in [2.45, 2.75) is 38.6 Å². The summed E-state index contributed by atoms with van der Waals surface area (Å²) in [4.78, 5) is 40.8. The highest BCUT2D eigenvalue weighted by molar-refractivity contribution is 5.78. The van der Waals surface area contributed by atoms with Gasteiger partial charge in [0.1, 0.15) is 0 Å². The molecule has 1 fully saturated rings. The standard InChI is InChI=1S/C25H29N3O4/c29-23(13-6-10-20-8-2-1-3-9-20)26-16-18-27(19-17-26)24(30)14-7-15-28-21-11-4-5-12-22(21)32-25(28)31/h1-5,8-9,11-12H,6-7,10,13-19H2. The highest BCUT2D eigenvalue weighted by Crippen LogP contribution is 2.14. The summed E-state index contributed by atoms with van der Waals surface area (Å²) in [6, 6.07) is 17.5. The highest BCUT2D eigenvalue weighted by Gasteiger charge is 2.23. The second kappa shape index (κ2) is 10.3. The van der Waals surface area contributed by atoms with Crippen molar-refractivity contribution in [2.24, 2.45) is 0 Å². The third kappa shape index (κ3) is 5.28. The van der Waals surface area contributed by atoms with E-state index in [0.717, 1.165) is 18.4 Å². The molecule has 2 amide bonds. The normalized spacial score (nSPS) is 14.1. The predicted molar refractivity (Wildman–Crippen MR) is 122 cm³/mol. The highest BCUT2D eigenvalue weighted by atomic mass is 16.4. The Balaban J connectivity index is 1.17. The number of aryl methyl sites for hydroxylation is 2. The lowest BCUT2D eigenvalue weighted by Gasteiger charge is -2.35. The monoisotopic (exact) mass is 435 g/mol. The van der Waals surface area contributed by atoms with E-state index in [9.17, 15) is 14.4 Å². The van der Waals surface area contributed by atoms with E-state index in [0.29, 0.717) is 57.6 Å². The number of oxazole rings is 1. The quantitative estimate of drug-likeness (QED) is 0.545. The summed E-state index contributed by atoms with van der Waals surface area (Å²) in [6.45, 7) is 2.75. The number of para-hydroxylation sites is 2. The summed E-state index contributed by atoms with van der Waals surface area (Å²) in [5.41, 5.74) is 2.57. The van der Waals surface area contributed by atoms with Crippen molar-refractivity contribution in [3.05, 3.63) is 70.7 Å². The van der Waals surface area contributed by atoms with Crippen LogP contribution in [-0.2, 0) is 22.6 Å². The summed E-state index contributed by atoms with van der Waals surface area (Å²) in [6.07, 6.45) is 3.22. The van der Waals surface area contributed by atoms with Gasteiger partial charge in [0.2, 0.25) is 11.8 Å². The van der Waals surface area contributed by atoms with Crippen LogP contribution in [0.25, 0.3) is 11.1 Å². The van der Waals surface area contributed by atoms with E-state index in [-0.39, 0.29) is 11.8 Å². The molecule has 32 heavy (non-hydrogen) atoms. The van der Waals surface area contributed by atoms with Gasteiger partial charge in [0.05, 0.1) is 5.52 Å². The molecule has 0 atom stereocenters. The number of carbonyl (C=O) groups excluding carboxylic acids is 2. The van der Waals surface area contributed by atoms with Crippen molar-refractivity contribution in [3.63, 3.8) is 0 Å². The van der Waals surface area contributed by atoms with E-state index < -0.39 is 5.76 Å². The van der Waals surface area contributed by atoms with Crippen molar-refractivity contribution >= 4 is 22.9 Å². The average Bonchev–Trinajstić information content (AvgIpc) is 3.15. The molecule has 0 aliphatic carbocycles. The second-order valence-corrected chi connectivity index (χ2v) is 8.19. The number of nitrogens with zero attached hydrogens (tertiary/aromatic N) is 3. The van der Waals surface area contributed by atoms with Gasteiger partial charge in [0.15, 0.2) is 5.58 Å². The molecule has 7 heteroatoms. The average molecular weight is 436 g/mol. The van der Waals surface area contributed by atoms with Gasteiger partial charge in [0, 0.05) is 45.6 Å². The van der Waals surface area contributed by atoms with Crippen molar-refractivity contribution in [3.8, 4) is 0 Å². The first-order valence-electron chi connectivity index (χ1n) is 11.3. The fourth-order valence-electron chi connectivity index (χ4n) is 4.22. The summed E-state index contributed by atoms with van der Waals surface area (Å²) in [5.74, 6) is -0.153. The van der Waals surface area contributed by atoms with E-state index in [4.69, 9.17) is 4.42 Å². The van der Waals surface area contributed by atoms with Crippen molar-refractivity contribution < 1.29 is 14.0 Å². The molecule has 3 aromatic rings. The molecule has 7 nitrogen and oxygen atoms in total. The zero-order valence-electron chi connectivity index (χ0n) is 18.2. The summed E-state index contributed by atoms with van der Waals surface area (Å²) < 4.78 is 6.81. The van der Waals surface area contributed by atoms with Gasteiger partial charge in [-0.15, -0.1) is 0 Å². The molecule has 1 aliphatic rings. The zero-order valence-corrected chi connectivity index (χ0v) is 18.2. The van der Waals surface area contributed by atoms with Crippen LogP contribution in [0.3, 0.4) is 0 Å². The van der Waals surface area contributed by atoms with Crippen LogP contribution < -0.4 is 5.76 Å². The third-order valence-corrected chi connectivity index (χ3v) is 6.03. The molecule has 2 aromatic carbocycles. The van der Waals surface area contributed by atoms with Crippen molar-refractivity contribution in [1.29, 1.82) is 0 Å². The molecule has 1 saturated heterocycles. The maximum absolute atomic E-state index is 12.6. The van der Waals surface area contributed by atoms with Crippen LogP contribution in [0.2, 0.25) is 0 Å². The number of aromatic nitrogens is 1. The molecule has 4 rings (SSSR count). The topological polar surface area (TPSA) is 75.8 Å². The van der Waals surface area contributed by atoms with Gasteiger partial charge in [-0.2, -0.15) is 0 Å². The van der Waals surface area contributed by atoms with E-state index in [1.807, 2.05) is 46.2 Å². The first kappa shape index (κ1) is 21.9. The number of rotatable bonds is 8. The van der Waals surface area contributed by atoms with Gasteiger partial charge < -0.3 is 14.2 Å². The number of hydrogen-bond acceptors (Lipinski definition) is 4. The lowest BCUT2D eigenvalue weighted by atomic mass is 10.1. The van der Waals surface area contributed by atoms with E-state index in [1.54, 1.807) is 10.6 Å². The molecule has 2 heterocycles. The van der Waals surface area contributed by atoms with E-state index >= 15 is 0 Å². The maximum Gasteiger partial charge on any atom is 0.419 e. The Labute approximate surface area is 187 Å². The molecular weight excluding hydrogens is 406 g/mol. The molecule has 0 unspecified atom stereocenters. The fraction of sp³-hybridized carbons (Fsp3) is 0.400. The van der Waals surface area contributed by atoms with Crippen LogP contribution in [0.4, 0.5) is 0 Å². The maximum atomic E-state index is 12.6. The summed E-state index contributed by atoms with van der Waals surface area (Å²) in [5, 5.41) is 0. The molecule has 1 aromatic heterocycles. The Hall–Kier alpha value is -3.35. The van der Waals surface area contributed by atoms with Crippen LogP contribution in [-0.4, -0.2) is 52.4 Å². The molecule has 0 bridgehead atoms. The first-order chi connectivity index (χ1) is 15.6.